The maximum Gasteiger partial charge on any atom is 0.286 e. The fourth-order valence-electron chi connectivity index (χ4n) is 2.36. The number of hydrazine groups is 1. The highest BCUT2D eigenvalue weighted by Crippen LogP contribution is 2.20. The van der Waals surface area contributed by atoms with Crippen LogP contribution in [0.15, 0.2) is 42.5 Å². The summed E-state index contributed by atoms with van der Waals surface area (Å²) in [7, 11) is 0. The summed E-state index contributed by atoms with van der Waals surface area (Å²) in [6, 6.07) is 12.0. The molecule has 122 valence electrons. The largest absolute Gasteiger partial charge is 0.398 e. The van der Waals surface area contributed by atoms with Crippen LogP contribution in [0.1, 0.15) is 26.4 Å². The zero-order valence-electron chi connectivity index (χ0n) is 12.8. The number of hydrogen-bond acceptors (Lipinski definition) is 3. The number of aromatic nitrogens is 1. The Hall–Kier alpha value is -2.99. The SMILES string of the molecule is Cc1ccc(C(=O)NNC(=O)c2cc3cc(Cl)ccc3[nH]2)c(N)c1. The number of nitrogen functional groups attached to an aromatic ring is 1. The van der Waals surface area contributed by atoms with E-state index in [0.717, 1.165) is 16.5 Å². The Balaban J connectivity index is 1.71. The predicted octanol–water partition coefficient (Wildman–Crippen LogP) is 2.79. The maximum atomic E-state index is 12.2. The topological polar surface area (TPSA) is 100 Å². The van der Waals surface area contributed by atoms with Crippen molar-refractivity contribution < 1.29 is 9.59 Å². The fraction of sp³-hybridized carbons (Fsp3) is 0.0588. The minimum atomic E-state index is -0.486. The Morgan fingerprint density at radius 3 is 2.54 bits per heavy atom. The van der Waals surface area contributed by atoms with Crippen molar-refractivity contribution in [2.24, 2.45) is 0 Å². The maximum absolute atomic E-state index is 12.2. The second kappa shape index (κ2) is 6.25. The number of carbonyl (C=O) groups excluding carboxylic acids is 2. The molecule has 0 radical (unpaired) electrons. The van der Waals surface area contributed by atoms with Gasteiger partial charge in [0.1, 0.15) is 5.69 Å². The first-order valence-electron chi connectivity index (χ1n) is 7.19. The number of nitrogens with two attached hydrogens (primary N) is 1. The van der Waals surface area contributed by atoms with Crippen LogP contribution in [0.4, 0.5) is 5.69 Å². The summed E-state index contributed by atoms with van der Waals surface area (Å²) in [6.07, 6.45) is 0. The van der Waals surface area contributed by atoms with Gasteiger partial charge in [0.2, 0.25) is 0 Å². The molecular weight excluding hydrogens is 328 g/mol. The lowest BCUT2D eigenvalue weighted by Crippen LogP contribution is -2.42. The predicted molar refractivity (Wildman–Crippen MR) is 93.8 cm³/mol. The van der Waals surface area contributed by atoms with Gasteiger partial charge in [-0.1, -0.05) is 17.7 Å². The average molecular weight is 343 g/mol. The highest BCUT2D eigenvalue weighted by atomic mass is 35.5. The van der Waals surface area contributed by atoms with Crippen LogP contribution in [0, 0.1) is 6.92 Å². The van der Waals surface area contributed by atoms with E-state index in [1.165, 1.54) is 0 Å². The first kappa shape index (κ1) is 15.9. The Bertz CT molecular complexity index is 949. The second-order valence-corrected chi connectivity index (χ2v) is 5.85. The van der Waals surface area contributed by atoms with Crippen LogP contribution in [0.2, 0.25) is 5.02 Å². The van der Waals surface area contributed by atoms with E-state index in [9.17, 15) is 9.59 Å². The number of rotatable bonds is 2. The Kier molecular flexibility index (Phi) is 4.14. The summed E-state index contributed by atoms with van der Waals surface area (Å²) >= 11 is 5.92. The number of benzene rings is 2. The van der Waals surface area contributed by atoms with Gasteiger partial charge in [0.05, 0.1) is 5.56 Å². The molecule has 0 aliphatic rings. The van der Waals surface area contributed by atoms with E-state index in [1.807, 2.05) is 6.92 Å². The van der Waals surface area contributed by atoms with Crippen molar-refractivity contribution in [2.75, 3.05) is 5.73 Å². The van der Waals surface area contributed by atoms with Crippen LogP contribution in [0.25, 0.3) is 10.9 Å². The number of carbonyl (C=O) groups is 2. The molecule has 3 rings (SSSR count). The zero-order chi connectivity index (χ0) is 17.3. The van der Waals surface area contributed by atoms with Gasteiger partial charge in [-0.15, -0.1) is 0 Å². The number of nitrogens with one attached hydrogen (secondary N) is 3. The lowest BCUT2D eigenvalue weighted by atomic mass is 10.1. The normalized spacial score (nSPS) is 10.6. The van der Waals surface area contributed by atoms with Crippen LogP contribution in [-0.2, 0) is 0 Å². The number of aromatic amines is 1. The summed E-state index contributed by atoms with van der Waals surface area (Å²) in [4.78, 5) is 27.2. The van der Waals surface area contributed by atoms with E-state index in [4.69, 9.17) is 17.3 Å². The Labute approximate surface area is 143 Å². The zero-order valence-corrected chi connectivity index (χ0v) is 13.6. The van der Waals surface area contributed by atoms with Crippen molar-refractivity contribution >= 4 is 40.0 Å². The number of aryl methyl sites for hydroxylation is 1. The molecule has 7 heteroatoms. The molecule has 24 heavy (non-hydrogen) atoms. The molecule has 0 saturated heterocycles. The number of amides is 2. The van der Waals surface area contributed by atoms with E-state index in [2.05, 4.69) is 15.8 Å². The molecule has 1 aromatic heterocycles. The van der Waals surface area contributed by atoms with Crippen LogP contribution >= 0.6 is 11.6 Å². The molecule has 5 N–H and O–H groups in total. The first-order valence-corrected chi connectivity index (χ1v) is 7.57. The van der Waals surface area contributed by atoms with E-state index < -0.39 is 11.8 Å². The summed E-state index contributed by atoms with van der Waals surface area (Å²) < 4.78 is 0. The van der Waals surface area contributed by atoms with Gasteiger partial charge < -0.3 is 10.7 Å². The van der Waals surface area contributed by atoms with Gasteiger partial charge in [-0.05, 0) is 48.9 Å². The molecule has 0 spiro atoms. The molecule has 0 unspecified atom stereocenters. The van der Waals surface area contributed by atoms with Gasteiger partial charge >= 0.3 is 0 Å². The van der Waals surface area contributed by atoms with E-state index in [0.29, 0.717) is 22.0 Å². The smallest absolute Gasteiger partial charge is 0.286 e. The van der Waals surface area contributed by atoms with Crippen molar-refractivity contribution in [3.8, 4) is 0 Å². The van der Waals surface area contributed by atoms with E-state index >= 15 is 0 Å². The van der Waals surface area contributed by atoms with Crippen molar-refractivity contribution in [3.63, 3.8) is 0 Å². The number of H-pyrrole nitrogens is 1. The third kappa shape index (κ3) is 3.18. The summed E-state index contributed by atoms with van der Waals surface area (Å²) in [5.41, 5.74) is 13.2. The Morgan fingerprint density at radius 2 is 1.79 bits per heavy atom. The van der Waals surface area contributed by atoms with Gasteiger partial charge in [0.25, 0.3) is 11.8 Å². The van der Waals surface area contributed by atoms with Gasteiger partial charge in [0, 0.05) is 21.6 Å². The van der Waals surface area contributed by atoms with Crippen LogP contribution in [0.5, 0.6) is 0 Å². The number of hydrogen-bond donors (Lipinski definition) is 4. The number of fused-ring (bicyclic) bond motifs is 1. The second-order valence-electron chi connectivity index (χ2n) is 5.41. The molecule has 0 saturated carbocycles. The number of anilines is 1. The van der Waals surface area contributed by atoms with Crippen LogP contribution < -0.4 is 16.6 Å². The lowest BCUT2D eigenvalue weighted by Gasteiger charge is -2.08. The fourth-order valence-corrected chi connectivity index (χ4v) is 2.54. The lowest BCUT2D eigenvalue weighted by molar-refractivity contribution is 0.0845. The highest BCUT2D eigenvalue weighted by Gasteiger charge is 2.13. The van der Waals surface area contributed by atoms with Crippen molar-refractivity contribution in [1.82, 2.24) is 15.8 Å². The average Bonchev–Trinajstić information content (AvgIpc) is 2.95. The molecular formula is C17H15ClN4O2. The molecule has 6 nitrogen and oxygen atoms in total. The number of halogens is 1. The third-order valence-corrected chi connectivity index (χ3v) is 3.80. The Morgan fingerprint density at radius 1 is 1.04 bits per heavy atom. The molecule has 0 aliphatic heterocycles. The molecule has 2 amide bonds. The minimum Gasteiger partial charge on any atom is -0.398 e. The van der Waals surface area contributed by atoms with Gasteiger partial charge in [-0.3, -0.25) is 20.4 Å². The minimum absolute atomic E-state index is 0.296. The first-order chi connectivity index (χ1) is 11.4. The quantitative estimate of drug-likeness (QED) is 0.425. The third-order valence-electron chi connectivity index (χ3n) is 3.57. The molecule has 3 aromatic rings. The van der Waals surface area contributed by atoms with Gasteiger partial charge in [-0.2, -0.15) is 0 Å². The van der Waals surface area contributed by atoms with Gasteiger partial charge in [-0.25, -0.2) is 0 Å². The van der Waals surface area contributed by atoms with Crippen molar-refractivity contribution in [1.29, 1.82) is 0 Å². The molecule has 1 heterocycles. The molecule has 0 atom stereocenters. The summed E-state index contributed by atoms with van der Waals surface area (Å²) in [5.74, 6) is -0.957. The highest BCUT2D eigenvalue weighted by molar-refractivity contribution is 6.31. The summed E-state index contributed by atoms with van der Waals surface area (Å²) in [6.45, 7) is 1.88. The van der Waals surface area contributed by atoms with Crippen LogP contribution in [0.3, 0.4) is 0 Å². The standard InChI is InChI=1S/C17H15ClN4O2/c1-9-2-4-12(13(19)6-9)16(23)21-22-17(24)15-8-10-7-11(18)3-5-14(10)20-15/h2-8,20H,19H2,1H3,(H,21,23)(H,22,24). The van der Waals surface area contributed by atoms with Gasteiger partial charge in [0.15, 0.2) is 0 Å². The van der Waals surface area contributed by atoms with E-state index in [1.54, 1.807) is 42.5 Å². The monoisotopic (exact) mass is 342 g/mol. The van der Waals surface area contributed by atoms with Crippen LogP contribution in [-0.4, -0.2) is 16.8 Å². The molecule has 2 aromatic carbocycles. The van der Waals surface area contributed by atoms with Crippen molar-refractivity contribution in [3.05, 3.63) is 64.3 Å². The van der Waals surface area contributed by atoms with E-state index in [-0.39, 0.29) is 0 Å². The molecule has 0 bridgehead atoms. The molecule has 0 aliphatic carbocycles. The molecule has 0 fully saturated rings. The summed E-state index contributed by atoms with van der Waals surface area (Å²) in [5, 5.41) is 1.39. The van der Waals surface area contributed by atoms with Crippen molar-refractivity contribution in [2.45, 2.75) is 6.92 Å².